The molecule has 0 radical (unpaired) electrons. The lowest BCUT2D eigenvalue weighted by Gasteiger charge is -2.32. The third kappa shape index (κ3) is 6.06. The van der Waals surface area contributed by atoms with Crippen LogP contribution < -0.4 is 11.1 Å². The topological polar surface area (TPSA) is 102 Å². The summed E-state index contributed by atoms with van der Waals surface area (Å²) in [6, 6.07) is 7.26. The molecule has 0 aliphatic carbocycles. The second kappa shape index (κ2) is 9.79. The number of likely N-dealkylation sites (tertiary alicyclic amines) is 1. The first-order valence-electron chi connectivity index (χ1n) is 9.06. The maximum atomic E-state index is 12.1. The second-order valence-electron chi connectivity index (χ2n) is 6.48. The zero-order chi connectivity index (χ0) is 18.9. The number of hydrogen-bond donors (Lipinski definition) is 2. The fourth-order valence-corrected chi connectivity index (χ4v) is 3.10. The average molecular weight is 361 g/mol. The summed E-state index contributed by atoms with van der Waals surface area (Å²) >= 11 is 0. The summed E-state index contributed by atoms with van der Waals surface area (Å²) in [7, 11) is 0. The number of nitrogens with one attached hydrogen (secondary N) is 1. The molecule has 26 heavy (non-hydrogen) atoms. The van der Waals surface area contributed by atoms with Gasteiger partial charge in [0.25, 0.3) is 0 Å². The molecule has 0 spiro atoms. The van der Waals surface area contributed by atoms with E-state index in [1.165, 1.54) is 5.56 Å². The number of amides is 3. The molecule has 142 valence electrons. The maximum Gasteiger partial charge on any atom is 0.317 e. The first-order valence-corrected chi connectivity index (χ1v) is 9.06. The van der Waals surface area contributed by atoms with Gasteiger partial charge in [0, 0.05) is 25.2 Å². The minimum absolute atomic E-state index is 0.126. The number of rotatable bonds is 7. The zero-order valence-electron chi connectivity index (χ0n) is 15.2. The smallest absolute Gasteiger partial charge is 0.317 e. The van der Waals surface area contributed by atoms with Gasteiger partial charge in [0.15, 0.2) is 0 Å². The highest BCUT2D eigenvalue weighted by molar-refractivity contribution is 5.92. The van der Waals surface area contributed by atoms with Gasteiger partial charge in [0.1, 0.15) is 0 Å². The van der Waals surface area contributed by atoms with E-state index < -0.39 is 5.91 Å². The predicted octanol–water partition coefficient (Wildman–Crippen LogP) is 1.70. The van der Waals surface area contributed by atoms with Crippen LogP contribution in [0, 0.1) is 5.92 Å². The molecule has 1 saturated heterocycles. The molecule has 1 heterocycles. The Bertz CT molecular complexity index is 622. The standard InChI is InChI=1S/C19H27N3O4/c1-2-26-17(23)7-10-21-19(25)22-11-8-15(9-12-22)13-14-3-5-16(6-4-14)18(20)24/h3-6,15H,2,7-13H2,1H3,(H2,20,24)(H,21,25). The number of piperidine rings is 1. The third-order valence-electron chi connectivity index (χ3n) is 4.58. The molecule has 1 fully saturated rings. The van der Waals surface area contributed by atoms with Gasteiger partial charge in [0.2, 0.25) is 5.91 Å². The lowest BCUT2D eigenvalue weighted by atomic mass is 9.90. The number of primary amides is 1. The summed E-state index contributed by atoms with van der Waals surface area (Å²) in [4.78, 5) is 36.3. The van der Waals surface area contributed by atoms with E-state index in [1.807, 2.05) is 12.1 Å². The Kier molecular flexibility index (Phi) is 7.44. The second-order valence-corrected chi connectivity index (χ2v) is 6.48. The summed E-state index contributed by atoms with van der Waals surface area (Å²) in [5.41, 5.74) is 6.94. The molecule has 1 aliphatic rings. The van der Waals surface area contributed by atoms with Gasteiger partial charge in [-0.15, -0.1) is 0 Å². The van der Waals surface area contributed by atoms with E-state index in [2.05, 4.69) is 5.32 Å². The van der Waals surface area contributed by atoms with Gasteiger partial charge in [-0.2, -0.15) is 0 Å². The minimum atomic E-state index is -0.418. The Labute approximate surface area is 153 Å². The first-order chi connectivity index (χ1) is 12.5. The van der Waals surface area contributed by atoms with Gasteiger partial charge in [-0.05, 0) is 49.8 Å². The molecule has 7 nitrogen and oxygen atoms in total. The molecule has 0 bridgehead atoms. The number of esters is 1. The number of nitrogens with two attached hydrogens (primary N) is 1. The van der Waals surface area contributed by atoms with Gasteiger partial charge in [-0.1, -0.05) is 12.1 Å². The molecule has 1 aromatic carbocycles. The number of urea groups is 1. The third-order valence-corrected chi connectivity index (χ3v) is 4.58. The van der Waals surface area contributed by atoms with Crippen LogP contribution >= 0.6 is 0 Å². The molecular weight excluding hydrogens is 334 g/mol. The van der Waals surface area contributed by atoms with Crippen LogP contribution in [-0.4, -0.2) is 49.0 Å². The summed E-state index contributed by atoms with van der Waals surface area (Å²) in [5, 5.41) is 2.77. The summed E-state index contributed by atoms with van der Waals surface area (Å²) in [6.07, 6.45) is 2.99. The van der Waals surface area contributed by atoms with Crippen LogP contribution in [0.3, 0.4) is 0 Å². The van der Waals surface area contributed by atoms with Gasteiger partial charge in [0.05, 0.1) is 13.0 Å². The predicted molar refractivity (Wildman–Crippen MR) is 97.6 cm³/mol. The molecule has 3 N–H and O–H groups in total. The van der Waals surface area contributed by atoms with Crippen LogP contribution in [0.5, 0.6) is 0 Å². The highest BCUT2D eigenvalue weighted by atomic mass is 16.5. The van der Waals surface area contributed by atoms with Crippen LogP contribution in [0.25, 0.3) is 0 Å². The van der Waals surface area contributed by atoms with Gasteiger partial charge in [-0.3, -0.25) is 9.59 Å². The summed E-state index contributed by atoms with van der Waals surface area (Å²) in [6.45, 7) is 3.81. The van der Waals surface area contributed by atoms with E-state index in [-0.39, 0.29) is 18.4 Å². The van der Waals surface area contributed by atoms with E-state index in [0.29, 0.717) is 37.7 Å². The summed E-state index contributed by atoms with van der Waals surface area (Å²) in [5.74, 6) is -0.203. The van der Waals surface area contributed by atoms with Crippen molar-refractivity contribution in [1.29, 1.82) is 0 Å². The number of hydrogen-bond acceptors (Lipinski definition) is 4. The number of ether oxygens (including phenoxy) is 1. The van der Waals surface area contributed by atoms with Crippen molar-refractivity contribution < 1.29 is 19.1 Å². The molecule has 1 aromatic rings. The Balaban J connectivity index is 1.70. The van der Waals surface area contributed by atoms with Gasteiger partial charge < -0.3 is 20.7 Å². The molecule has 0 atom stereocenters. The van der Waals surface area contributed by atoms with Crippen molar-refractivity contribution in [2.45, 2.75) is 32.6 Å². The van der Waals surface area contributed by atoms with Crippen LogP contribution in [0.15, 0.2) is 24.3 Å². The van der Waals surface area contributed by atoms with E-state index in [0.717, 1.165) is 19.3 Å². The molecule has 1 aliphatic heterocycles. The van der Waals surface area contributed by atoms with Crippen molar-refractivity contribution >= 4 is 17.9 Å². The molecule has 3 amide bonds. The molecule has 0 saturated carbocycles. The zero-order valence-corrected chi connectivity index (χ0v) is 15.2. The lowest BCUT2D eigenvalue weighted by Crippen LogP contribution is -2.45. The van der Waals surface area contributed by atoms with Crippen LogP contribution in [0.2, 0.25) is 0 Å². The lowest BCUT2D eigenvalue weighted by molar-refractivity contribution is -0.142. The number of carbonyl (C=O) groups excluding carboxylic acids is 3. The SMILES string of the molecule is CCOC(=O)CCNC(=O)N1CCC(Cc2ccc(C(N)=O)cc2)CC1. The average Bonchev–Trinajstić information content (AvgIpc) is 2.63. The number of benzene rings is 1. The van der Waals surface area contributed by atoms with Gasteiger partial charge >= 0.3 is 12.0 Å². The Morgan fingerprint density at radius 2 is 1.85 bits per heavy atom. The normalized spacial score (nSPS) is 14.7. The van der Waals surface area contributed by atoms with Crippen molar-refractivity contribution in [3.63, 3.8) is 0 Å². The molecule has 0 aromatic heterocycles. The number of nitrogens with zero attached hydrogens (tertiary/aromatic N) is 1. The van der Waals surface area contributed by atoms with E-state index >= 15 is 0 Å². The first kappa shape index (κ1) is 19.8. The van der Waals surface area contributed by atoms with E-state index in [1.54, 1.807) is 24.0 Å². The fraction of sp³-hybridized carbons (Fsp3) is 0.526. The highest BCUT2D eigenvalue weighted by Crippen LogP contribution is 2.22. The largest absolute Gasteiger partial charge is 0.466 e. The van der Waals surface area contributed by atoms with E-state index in [4.69, 9.17) is 10.5 Å². The van der Waals surface area contributed by atoms with Crippen molar-refractivity contribution in [1.82, 2.24) is 10.2 Å². The van der Waals surface area contributed by atoms with Crippen molar-refractivity contribution in [3.8, 4) is 0 Å². The Morgan fingerprint density at radius 1 is 1.19 bits per heavy atom. The van der Waals surface area contributed by atoms with Crippen molar-refractivity contribution in [2.75, 3.05) is 26.2 Å². The van der Waals surface area contributed by atoms with E-state index in [9.17, 15) is 14.4 Å². The molecule has 2 rings (SSSR count). The Morgan fingerprint density at radius 3 is 2.42 bits per heavy atom. The Hall–Kier alpha value is -2.57. The van der Waals surface area contributed by atoms with Crippen molar-refractivity contribution in [3.05, 3.63) is 35.4 Å². The fourth-order valence-electron chi connectivity index (χ4n) is 3.10. The van der Waals surface area contributed by atoms with Crippen molar-refractivity contribution in [2.24, 2.45) is 11.7 Å². The highest BCUT2D eigenvalue weighted by Gasteiger charge is 2.23. The quantitative estimate of drug-likeness (QED) is 0.722. The van der Waals surface area contributed by atoms with Crippen LogP contribution in [0.1, 0.15) is 42.1 Å². The monoisotopic (exact) mass is 361 g/mol. The van der Waals surface area contributed by atoms with Crippen LogP contribution in [0.4, 0.5) is 4.79 Å². The molecule has 7 heteroatoms. The minimum Gasteiger partial charge on any atom is -0.466 e. The number of carbonyl (C=O) groups is 3. The maximum absolute atomic E-state index is 12.1. The van der Waals surface area contributed by atoms with Crippen LogP contribution in [-0.2, 0) is 16.0 Å². The summed E-state index contributed by atoms with van der Waals surface area (Å²) < 4.78 is 4.83. The molecule has 0 unspecified atom stereocenters. The van der Waals surface area contributed by atoms with Gasteiger partial charge in [-0.25, -0.2) is 4.79 Å². The molecular formula is C19H27N3O4.